The first-order chi connectivity index (χ1) is 12.7. The lowest BCUT2D eigenvalue weighted by Gasteiger charge is -2.14. The van der Waals surface area contributed by atoms with Crippen molar-refractivity contribution in [3.8, 4) is 6.07 Å². The van der Waals surface area contributed by atoms with Crippen molar-refractivity contribution in [2.24, 2.45) is 0 Å². The van der Waals surface area contributed by atoms with E-state index in [0.717, 1.165) is 42.5 Å². The fraction of sp³-hybridized carbons (Fsp3) is 0.421. The van der Waals surface area contributed by atoms with Gasteiger partial charge in [0.15, 0.2) is 5.11 Å². The Morgan fingerprint density at radius 2 is 2.23 bits per heavy atom. The maximum absolute atomic E-state index is 9.36. The summed E-state index contributed by atoms with van der Waals surface area (Å²) >= 11 is 5.27. The highest BCUT2D eigenvalue weighted by atomic mass is 32.1. The molecule has 6 nitrogen and oxygen atoms in total. The molecule has 0 bridgehead atoms. The second-order valence-corrected chi connectivity index (χ2v) is 6.80. The summed E-state index contributed by atoms with van der Waals surface area (Å²) in [5, 5.41) is 20.5. The van der Waals surface area contributed by atoms with Crippen molar-refractivity contribution >= 4 is 34.1 Å². The van der Waals surface area contributed by atoms with Crippen molar-refractivity contribution in [3.05, 3.63) is 35.4 Å². The van der Waals surface area contributed by atoms with E-state index in [0.29, 0.717) is 29.6 Å². The minimum atomic E-state index is 0.260. The van der Waals surface area contributed by atoms with Crippen LogP contribution in [-0.4, -0.2) is 42.4 Å². The fourth-order valence-corrected chi connectivity index (χ4v) is 3.11. The van der Waals surface area contributed by atoms with Gasteiger partial charge in [-0.2, -0.15) is 5.26 Å². The van der Waals surface area contributed by atoms with Gasteiger partial charge in [-0.05, 0) is 49.7 Å². The zero-order valence-corrected chi connectivity index (χ0v) is 15.7. The molecule has 0 unspecified atom stereocenters. The monoisotopic (exact) mass is 369 g/mol. The van der Waals surface area contributed by atoms with E-state index in [-0.39, 0.29) is 6.10 Å². The highest BCUT2D eigenvalue weighted by Gasteiger charge is 2.15. The lowest BCUT2D eigenvalue weighted by molar-refractivity contribution is 0.114. The molecule has 0 spiro atoms. The number of aromatic nitrogens is 1. The molecule has 0 radical (unpaired) electrons. The zero-order valence-electron chi connectivity index (χ0n) is 14.8. The first-order valence-electron chi connectivity index (χ1n) is 8.84. The molecular formula is C19H23N5OS. The zero-order chi connectivity index (χ0) is 18.4. The number of anilines is 1. The summed E-state index contributed by atoms with van der Waals surface area (Å²) in [5.41, 5.74) is 2.57. The van der Waals surface area contributed by atoms with E-state index in [9.17, 15) is 5.26 Å². The predicted octanol–water partition coefficient (Wildman–Crippen LogP) is 2.47. The molecule has 3 rings (SSSR count). The third-order valence-corrected chi connectivity index (χ3v) is 4.60. The van der Waals surface area contributed by atoms with Crippen molar-refractivity contribution < 1.29 is 4.74 Å². The molecule has 2 aromatic rings. The molecule has 26 heavy (non-hydrogen) atoms. The quantitative estimate of drug-likeness (QED) is 0.533. The van der Waals surface area contributed by atoms with Crippen LogP contribution in [0.25, 0.3) is 10.9 Å². The van der Waals surface area contributed by atoms with Gasteiger partial charge >= 0.3 is 0 Å². The summed E-state index contributed by atoms with van der Waals surface area (Å²) in [7, 11) is 0. The Kier molecular flexibility index (Phi) is 6.21. The van der Waals surface area contributed by atoms with E-state index in [1.54, 1.807) is 0 Å². The van der Waals surface area contributed by atoms with Gasteiger partial charge in [0, 0.05) is 31.6 Å². The summed E-state index contributed by atoms with van der Waals surface area (Å²) in [6.07, 6.45) is 2.47. The number of ether oxygens (including phenoxy) is 1. The molecule has 136 valence electrons. The van der Waals surface area contributed by atoms with Crippen molar-refractivity contribution in [2.75, 3.05) is 31.6 Å². The lowest BCUT2D eigenvalue weighted by atomic mass is 10.1. The Labute approximate surface area is 158 Å². The van der Waals surface area contributed by atoms with Gasteiger partial charge in [0.25, 0.3) is 0 Å². The number of hydrogen-bond donors (Lipinski definition) is 3. The standard InChI is InChI=1S/C19H23N5OS/c1-13-4-5-14-10-15(11-20)18(24-17(14)9-13)21-6-7-22-19(26)23-12-16-3-2-8-25-16/h4-5,9-10,16H,2-3,6-8,12H2,1H3,(H,21,24)(H2,22,23,26)/t16-/m1/s1. The Hall–Kier alpha value is -2.43. The normalized spacial score (nSPS) is 16.2. The molecule has 0 amide bonds. The van der Waals surface area contributed by atoms with Crippen LogP contribution >= 0.6 is 12.2 Å². The number of nitriles is 1. The van der Waals surface area contributed by atoms with Crippen LogP contribution in [0.2, 0.25) is 0 Å². The SMILES string of the molecule is Cc1ccc2cc(C#N)c(NCCNC(=S)NC[C@H]3CCCO3)nc2c1. The van der Waals surface area contributed by atoms with Gasteiger partial charge in [-0.1, -0.05) is 12.1 Å². The molecule has 1 aromatic carbocycles. The minimum Gasteiger partial charge on any atom is -0.376 e. The average Bonchev–Trinajstić information content (AvgIpc) is 3.16. The average molecular weight is 369 g/mol. The molecule has 1 fully saturated rings. The maximum Gasteiger partial charge on any atom is 0.166 e. The van der Waals surface area contributed by atoms with Crippen LogP contribution in [0.5, 0.6) is 0 Å². The van der Waals surface area contributed by atoms with E-state index >= 15 is 0 Å². The summed E-state index contributed by atoms with van der Waals surface area (Å²) in [5.74, 6) is 0.602. The highest BCUT2D eigenvalue weighted by molar-refractivity contribution is 7.80. The van der Waals surface area contributed by atoms with E-state index in [4.69, 9.17) is 17.0 Å². The van der Waals surface area contributed by atoms with Crippen LogP contribution in [0.3, 0.4) is 0 Å². The van der Waals surface area contributed by atoms with Gasteiger partial charge in [-0.15, -0.1) is 0 Å². The number of rotatable bonds is 6. The lowest BCUT2D eigenvalue weighted by Crippen LogP contribution is -2.41. The number of thiocarbonyl (C=S) groups is 1. The van der Waals surface area contributed by atoms with Crippen LogP contribution in [0, 0.1) is 18.3 Å². The molecule has 7 heteroatoms. The van der Waals surface area contributed by atoms with Crippen LogP contribution in [0.15, 0.2) is 24.3 Å². The third-order valence-electron chi connectivity index (χ3n) is 4.31. The van der Waals surface area contributed by atoms with E-state index < -0.39 is 0 Å². The third kappa shape index (κ3) is 4.81. The first-order valence-corrected chi connectivity index (χ1v) is 9.25. The van der Waals surface area contributed by atoms with Gasteiger partial charge < -0.3 is 20.7 Å². The number of fused-ring (bicyclic) bond motifs is 1. The van der Waals surface area contributed by atoms with E-state index in [1.165, 1.54) is 0 Å². The predicted molar refractivity (Wildman–Crippen MR) is 107 cm³/mol. The number of aryl methyl sites for hydroxylation is 1. The van der Waals surface area contributed by atoms with Crippen molar-refractivity contribution in [1.82, 2.24) is 15.6 Å². The molecule has 2 heterocycles. The summed E-state index contributed by atoms with van der Waals surface area (Å²) in [4.78, 5) is 4.59. The Balaban J connectivity index is 1.49. The summed E-state index contributed by atoms with van der Waals surface area (Å²) < 4.78 is 5.55. The van der Waals surface area contributed by atoms with Crippen LogP contribution < -0.4 is 16.0 Å². The molecule has 1 aliphatic rings. The Bertz CT molecular complexity index is 827. The molecule has 0 aliphatic carbocycles. The smallest absolute Gasteiger partial charge is 0.166 e. The van der Waals surface area contributed by atoms with Crippen molar-refractivity contribution in [3.63, 3.8) is 0 Å². The molecule has 1 saturated heterocycles. The summed E-state index contributed by atoms with van der Waals surface area (Å²) in [6, 6.07) is 10.1. The van der Waals surface area contributed by atoms with Crippen LogP contribution in [-0.2, 0) is 4.74 Å². The Morgan fingerprint density at radius 1 is 1.35 bits per heavy atom. The van der Waals surface area contributed by atoms with Gasteiger partial charge in [-0.25, -0.2) is 4.98 Å². The molecule has 3 N–H and O–H groups in total. The number of nitrogens with one attached hydrogen (secondary N) is 3. The number of nitrogens with zero attached hydrogens (tertiary/aromatic N) is 2. The van der Waals surface area contributed by atoms with Crippen LogP contribution in [0.4, 0.5) is 5.82 Å². The molecule has 1 aromatic heterocycles. The van der Waals surface area contributed by atoms with Gasteiger partial charge in [0.2, 0.25) is 0 Å². The summed E-state index contributed by atoms with van der Waals surface area (Å²) in [6.45, 7) is 4.86. The second kappa shape index (κ2) is 8.79. The fourth-order valence-electron chi connectivity index (χ4n) is 2.93. The van der Waals surface area contributed by atoms with E-state index in [1.807, 2.05) is 31.2 Å². The first kappa shape index (κ1) is 18.4. The van der Waals surface area contributed by atoms with E-state index in [2.05, 4.69) is 27.0 Å². The van der Waals surface area contributed by atoms with Crippen LogP contribution in [0.1, 0.15) is 24.0 Å². The largest absolute Gasteiger partial charge is 0.376 e. The molecule has 1 atom stereocenters. The second-order valence-electron chi connectivity index (χ2n) is 6.39. The minimum absolute atomic E-state index is 0.260. The molecule has 1 aliphatic heterocycles. The topological polar surface area (TPSA) is 82.0 Å². The number of hydrogen-bond acceptors (Lipinski definition) is 5. The molecule has 0 saturated carbocycles. The van der Waals surface area contributed by atoms with Gasteiger partial charge in [0.1, 0.15) is 11.9 Å². The highest BCUT2D eigenvalue weighted by Crippen LogP contribution is 2.20. The van der Waals surface area contributed by atoms with Crippen molar-refractivity contribution in [1.29, 1.82) is 5.26 Å². The number of benzene rings is 1. The van der Waals surface area contributed by atoms with Gasteiger partial charge in [-0.3, -0.25) is 0 Å². The van der Waals surface area contributed by atoms with Crippen molar-refractivity contribution in [2.45, 2.75) is 25.9 Å². The number of pyridine rings is 1. The Morgan fingerprint density at radius 3 is 3.00 bits per heavy atom. The molecular weight excluding hydrogens is 346 g/mol. The van der Waals surface area contributed by atoms with Gasteiger partial charge in [0.05, 0.1) is 17.2 Å². The maximum atomic E-state index is 9.36.